The second kappa shape index (κ2) is 4.46. The van der Waals surface area contributed by atoms with Crippen LogP contribution in [0.1, 0.15) is 6.92 Å². The topological polar surface area (TPSA) is 29.5 Å². The van der Waals surface area contributed by atoms with Crippen molar-refractivity contribution in [3.63, 3.8) is 0 Å². The predicted molar refractivity (Wildman–Crippen MR) is 56.9 cm³/mol. The summed E-state index contributed by atoms with van der Waals surface area (Å²) in [6, 6.07) is 0. The Morgan fingerprint density at radius 1 is 1.31 bits per heavy atom. The maximum absolute atomic E-state index is 11.2. The van der Waals surface area contributed by atoms with Gasteiger partial charge in [0.05, 0.1) is 5.76 Å². The molecule has 0 fully saturated rings. The molecule has 0 bridgehead atoms. The van der Waals surface area contributed by atoms with E-state index in [-0.39, 0.29) is 5.91 Å². The highest BCUT2D eigenvalue weighted by atomic mass is 28.4. The van der Waals surface area contributed by atoms with Crippen molar-refractivity contribution >= 4 is 14.2 Å². The molecule has 0 aromatic rings. The number of likely N-dealkylation sites (N-methyl/N-ethyl adjacent to an activating group) is 1. The van der Waals surface area contributed by atoms with E-state index < -0.39 is 8.32 Å². The van der Waals surface area contributed by atoms with Crippen LogP contribution in [0, 0.1) is 0 Å². The minimum atomic E-state index is -1.56. The minimum absolute atomic E-state index is 0.0317. The van der Waals surface area contributed by atoms with Crippen LogP contribution in [0.3, 0.4) is 0 Å². The molecule has 0 rings (SSSR count). The Morgan fingerprint density at radius 3 is 2.08 bits per heavy atom. The summed E-state index contributed by atoms with van der Waals surface area (Å²) >= 11 is 0. The lowest BCUT2D eigenvalue weighted by Gasteiger charge is -2.19. The summed E-state index contributed by atoms with van der Waals surface area (Å²) in [5.74, 6) is 0.675. The third kappa shape index (κ3) is 6.39. The average molecular weight is 201 g/mol. The molecule has 13 heavy (non-hydrogen) atoms. The normalized spacial score (nSPS) is 12.6. The molecular formula is C9H19NO2Si. The maximum Gasteiger partial charge on any atom is 0.249 e. The van der Waals surface area contributed by atoms with Crippen molar-refractivity contribution in [1.29, 1.82) is 0 Å². The van der Waals surface area contributed by atoms with Crippen LogP contribution in [0.15, 0.2) is 11.8 Å². The zero-order valence-electron chi connectivity index (χ0n) is 9.34. The van der Waals surface area contributed by atoms with E-state index in [2.05, 4.69) is 19.6 Å². The van der Waals surface area contributed by atoms with E-state index in [9.17, 15) is 4.79 Å². The zero-order valence-corrected chi connectivity index (χ0v) is 10.3. The molecule has 0 aromatic carbocycles. The lowest BCUT2D eigenvalue weighted by molar-refractivity contribution is -0.123. The molecule has 76 valence electrons. The van der Waals surface area contributed by atoms with Crippen molar-refractivity contribution in [2.24, 2.45) is 0 Å². The summed E-state index contributed by atoms with van der Waals surface area (Å²) in [4.78, 5) is 12.7. The van der Waals surface area contributed by atoms with Gasteiger partial charge < -0.3 is 9.33 Å². The summed E-state index contributed by atoms with van der Waals surface area (Å²) in [6.45, 7) is 8.08. The second-order valence-corrected chi connectivity index (χ2v) is 8.63. The highest BCUT2D eigenvalue weighted by Crippen LogP contribution is 2.09. The van der Waals surface area contributed by atoms with Crippen molar-refractivity contribution in [3.05, 3.63) is 11.8 Å². The van der Waals surface area contributed by atoms with Gasteiger partial charge in [-0.15, -0.1) is 0 Å². The van der Waals surface area contributed by atoms with Gasteiger partial charge in [-0.3, -0.25) is 4.79 Å². The molecule has 0 saturated heterocycles. The predicted octanol–water partition coefficient (Wildman–Crippen LogP) is 1.83. The molecule has 0 N–H and O–H groups in total. The molecule has 0 heterocycles. The Morgan fingerprint density at radius 2 is 1.77 bits per heavy atom. The first-order valence-electron chi connectivity index (χ1n) is 4.31. The van der Waals surface area contributed by atoms with Gasteiger partial charge in [-0.1, -0.05) is 0 Å². The van der Waals surface area contributed by atoms with Gasteiger partial charge in [0.15, 0.2) is 0 Å². The van der Waals surface area contributed by atoms with E-state index in [1.165, 1.54) is 11.0 Å². The average Bonchev–Trinajstić information content (AvgIpc) is 1.81. The second-order valence-electron chi connectivity index (χ2n) is 4.20. The SMILES string of the molecule is C/C(=C\C(=O)N(C)C)O[Si](C)(C)C. The largest absolute Gasteiger partial charge is 0.547 e. The summed E-state index contributed by atoms with van der Waals surface area (Å²) in [5, 5.41) is 0. The van der Waals surface area contributed by atoms with Gasteiger partial charge in [-0.25, -0.2) is 0 Å². The van der Waals surface area contributed by atoms with E-state index in [4.69, 9.17) is 4.43 Å². The van der Waals surface area contributed by atoms with Crippen LogP contribution in [0.4, 0.5) is 0 Å². The fourth-order valence-electron chi connectivity index (χ4n) is 0.815. The first kappa shape index (κ1) is 12.2. The summed E-state index contributed by atoms with van der Waals surface area (Å²) in [5.41, 5.74) is 0. The summed E-state index contributed by atoms with van der Waals surface area (Å²) < 4.78 is 5.61. The van der Waals surface area contributed by atoms with Gasteiger partial charge in [0.25, 0.3) is 0 Å². The van der Waals surface area contributed by atoms with Crippen LogP contribution in [0.2, 0.25) is 19.6 Å². The zero-order chi connectivity index (χ0) is 10.6. The summed E-state index contributed by atoms with van der Waals surface area (Å²) in [7, 11) is 1.88. The standard InChI is InChI=1S/C9H19NO2Si/c1-8(12-13(4,5)6)7-9(11)10(2)3/h7H,1-6H3/b8-7+. The van der Waals surface area contributed by atoms with E-state index in [0.717, 1.165) is 0 Å². The molecule has 3 nitrogen and oxygen atoms in total. The first-order chi connectivity index (χ1) is 5.72. The number of carbonyl (C=O) groups is 1. The molecule has 0 aliphatic heterocycles. The van der Waals surface area contributed by atoms with Crippen LogP contribution in [0.25, 0.3) is 0 Å². The number of allylic oxidation sites excluding steroid dienone is 1. The Hall–Kier alpha value is -0.773. The van der Waals surface area contributed by atoms with Gasteiger partial charge >= 0.3 is 0 Å². The van der Waals surface area contributed by atoms with Gasteiger partial charge in [0.1, 0.15) is 0 Å². The molecule has 4 heteroatoms. The Labute approximate surface area is 81.5 Å². The van der Waals surface area contributed by atoms with Crippen molar-refractivity contribution in [3.8, 4) is 0 Å². The molecule has 1 amide bonds. The lowest BCUT2D eigenvalue weighted by Crippen LogP contribution is -2.25. The fourth-order valence-corrected chi connectivity index (χ4v) is 1.84. The number of amides is 1. The third-order valence-corrected chi connectivity index (χ3v) is 2.17. The van der Waals surface area contributed by atoms with Crippen LogP contribution in [-0.2, 0) is 9.22 Å². The molecule has 0 atom stereocenters. The summed E-state index contributed by atoms with van der Waals surface area (Å²) in [6.07, 6.45) is 1.53. The number of carbonyl (C=O) groups excluding carboxylic acids is 1. The molecule has 0 aliphatic carbocycles. The quantitative estimate of drug-likeness (QED) is 0.396. The van der Waals surface area contributed by atoms with Crippen LogP contribution in [-0.4, -0.2) is 33.2 Å². The van der Waals surface area contributed by atoms with Gasteiger partial charge in [-0.05, 0) is 26.6 Å². The first-order valence-corrected chi connectivity index (χ1v) is 7.72. The lowest BCUT2D eigenvalue weighted by atomic mass is 10.4. The molecule has 0 radical (unpaired) electrons. The highest BCUT2D eigenvalue weighted by Gasteiger charge is 2.16. The van der Waals surface area contributed by atoms with Crippen molar-refractivity contribution in [2.45, 2.75) is 26.6 Å². The Kier molecular flexibility index (Phi) is 4.19. The smallest absolute Gasteiger partial charge is 0.249 e. The molecule has 0 unspecified atom stereocenters. The number of nitrogens with zero attached hydrogens (tertiary/aromatic N) is 1. The maximum atomic E-state index is 11.2. The number of hydrogen-bond donors (Lipinski definition) is 0. The fraction of sp³-hybridized carbons (Fsp3) is 0.667. The van der Waals surface area contributed by atoms with E-state index in [1.807, 2.05) is 6.92 Å². The van der Waals surface area contributed by atoms with Gasteiger partial charge in [0.2, 0.25) is 14.2 Å². The highest BCUT2D eigenvalue weighted by molar-refractivity contribution is 6.70. The van der Waals surface area contributed by atoms with Crippen molar-refractivity contribution in [2.75, 3.05) is 14.1 Å². The Balaban J connectivity index is 4.26. The van der Waals surface area contributed by atoms with Crippen molar-refractivity contribution < 1.29 is 9.22 Å². The minimum Gasteiger partial charge on any atom is -0.547 e. The molecule has 0 saturated carbocycles. The Bertz CT molecular complexity index is 216. The van der Waals surface area contributed by atoms with E-state index >= 15 is 0 Å². The molecule has 0 spiro atoms. The van der Waals surface area contributed by atoms with Gasteiger partial charge in [0, 0.05) is 20.2 Å². The number of hydrogen-bond acceptors (Lipinski definition) is 2. The van der Waals surface area contributed by atoms with Gasteiger partial charge in [-0.2, -0.15) is 0 Å². The van der Waals surface area contributed by atoms with Crippen LogP contribution in [0.5, 0.6) is 0 Å². The van der Waals surface area contributed by atoms with Crippen LogP contribution >= 0.6 is 0 Å². The van der Waals surface area contributed by atoms with Crippen molar-refractivity contribution in [1.82, 2.24) is 4.90 Å². The monoisotopic (exact) mass is 201 g/mol. The van der Waals surface area contributed by atoms with E-state index in [0.29, 0.717) is 5.76 Å². The molecule has 0 aromatic heterocycles. The number of rotatable bonds is 3. The van der Waals surface area contributed by atoms with E-state index in [1.54, 1.807) is 14.1 Å². The third-order valence-electron chi connectivity index (χ3n) is 1.23. The molecule has 0 aliphatic rings. The molecular weight excluding hydrogens is 182 g/mol. The van der Waals surface area contributed by atoms with Crippen LogP contribution < -0.4 is 0 Å².